The van der Waals surface area contributed by atoms with Crippen molar-refractivity contribution in [2.75, 3.05) is 6.54 Å². The van der Waals surface area contributed by atoms with Gasteiger partial charge >= 0.3 is 5.88 Å². The third kappa shape index (κ3) is 2.54. The van der Waals surface area contributed by atoms with Gasteiger partial charge in [0, 0.05) is 4.88 Å². The summed E-state index contributed by atoms with van der Waals surface area (Å²) in [6.45, 7) is 2.75. The van der Waals surface area contributed by atoms with Gasteiger partial charge in [-0.15, -0.1) is 11.3 Å². The molecule has 0 bridgehead atoms. The van der Waals surface area contributed by atoms with E-state index in [1.165, 1.54) is 6.07 Å². The molecule has 0 spiro atoms. The predicted octanol–water partition coefficient (Wildman–Crippen LogP) is 2.95. The van der Waals surface area contributed by atoms with Crippen LogP contribution in [0.15, 0.2) is 34.1 Å². The first kappa shape index (κ1) is 11.8. The number of nitro groups is 1. The molecule has 0 fully saturated rings. The summed E-state index contributed by atoms with van der Waals surface area (Å²) in [7, 11) is 0. The van der Waals surface area contributed by atoms with Gasteiger partial charge in [0.2, 0.25) is 0 Å². The lowest BCUT2D eigenvalue weighted by atomic mass is 10.2. The highest BCUT2D eigenvalue weighted by molar-refractivity contribution is 7.10. The number of nitrogens with one attached hydrogen (secondary N) is 1. The minimum Gasteiger partial charge on any atom is -0.404 e. The summed E-state index contributed by atoms with van der Waals surface area (Å²) in [6, 6.07) is 6.83. The molecule has 0 aliphatic heterocycles. The van der Waals surface area contributed by atoms with E-state index in [1.807, 2.05) is 24.4 Å². The Labute approximate surface area is 102 Å². The average molecular weight is 252 g/mol. The molecule has 0 aromatic carbocycles. The summed E-state index contributed by atoms with van der Waals surface area (Å²) >= 11 is 1.59. The van der Waals surface area contributed by atoms with Crippen molar-refractivity contribution in [3.8, 4) is 0 Å². The van der Waals surface area contributed by atoms with Crippen LogP contribution in [0.3, 0.4) is 0 Å². The fraction of sp³-hybridized carbons (Fsp3) is 0.273. The summed E-state index contributed by atoms with van der Waals surface area (Å²) in [5.74, 6) is 0.348. The number of nitrogens with zero attached hydrogens (tertiary/aromatic N) is 1. The first-order chi connectivity index (χ1) is 8.22. The van der Waals surface area contributed by atoms with E-state index in [0.29, 0.717) is 5.76 Å². The molecule has 5 nitrogen and oxygen atoms in total. The van der Waals surface area contributed by atoms with Crippen LogP contribution in [0.25, 0.3) is 0 Å². The highest BCUT2D eigenvalue weighted by Crippen LogP contribution is 2.29. The van der Waals surface area contributed by atoms with Crippen molar-refractivity contribution in [1.82, 2.24) is 5.32 Å². The van der Waals surface area contributed by atoms with Crippen LogP contribution in [0.1, 0.15) is 23.6 Å². The molecule has 0 aliphatic carbocycles. The van der Waals surface area contributed by atoms with Gasteiger partial charge in [0.25, 0.3) is 0 Å². The Morgan fingerprint density at radius 2 is 2.35 bits per heavy atom. The summed E-state index contributed by atoms with van der Waals surface area (Å²) in [6.07, 6.45) is 0. The number of hydrogen-bond donors (Lipinski definition) is 1. The second-order valence-corrected chi connectivity index (χ2v) is 4.42. The molecule has 0 saturated carbocycles. The van der Waals surface area contributed by atoms with Gasteiger partial charge in [0.15, 0.2) is 0 Å². The van der Waals surface area contributed by atoms with Crippen LogP contribution in [-0.4, -0.2) is 11.5 Å². The first-order valence-corrected chi connectivity index (χ1v) is 6.11. The highest BCUT2D eigenvalue weighted by atomic mass is 32.1. The Hall–Kier alpha value is -1.66. The second-order valence-electron chi connectivity index (χ2n) is 3.44. The summed E-state index contributed by atoms with van der Waals surface area (Å²) < 4.78 is 5.23. The van der Waals surface area contributed by atoms with Gasteiger partial charge in [-0.3, -0.25) is 10.1 Å². The summed E-state index contributed by atoms with van der Waals surface area (Å²) in [5, 5.41) is 15.8. The minimum atomic E-state index is -0.527. The predicted molar refractivity (Wildman–Crippen MR) is 65.2 cm³/mol. The van der Waals surface area contributed by atoms with E-state index in [0.717, 1.165) is 11.4 Å². The van der Waals surface area contributed by atoms with Gasteiger partial charge in [0.1, 0.15) is 16.7 Å². The van der Waals surface area contributed by atoms with Gasteiger partial charge in [0.05, 0.1) is 6.07 Å². The van der Waals surface area contributed by atoms with Crippen molar-refractivity contribution in [3.05, 3.63) is 50.4 Å². The topological polar surface area (TPSA) is 68.3 Å². The van der Waals surface area contributed by atoms with E-state index < -0.39 is 4.92 Å². The molecule has 0 saturated heterocycles. The van der Waals surface area contributed by atoms with Crippen LogP contribution in [0.2, 0.25) is 0 Å². The van der Waals surface area contributed by atoms with Crippen LogP contribution < -0.4 is 5.32 Å². The lowest BCUT2D eigenvalue weighted by Crippen LogP contribution is -2.20. The minimum absolute atomic E-state index is 0.117. The molecule has 1 unspecified atom stereocenters. The quantitative estimate of drug-likeness (QED) is 0.656. The van der Waals surface area contributed by atoms with E-state index >= 15 is 0 Å². The lowest BCUT2D eigenvalue weighted by molar-refractivity contribution is -0.402. The van der Waals surface area contributed by atoms with Crippen LogP contribution in [0.5, 0.6) is 0 Å². The van der Waals surface area contributed by atoms with E-state index in [2.05, 4.69) is 5.32 Å². The first-order valence-electron chi connectivity index (χ1n) is 5.23. The summed E-state index contributed by atoms with van der Waals surface area (Å²) in [5.41, 5.74) is 0. The van der Waals surface area contributed by atoms with Crippen LogP contribution in [0.4, 0.5) is 5.88 Å². The smallest absolute Gasteiger partial charge is 0.404 e. The SMILES string of the molecule is CCNC(c1ccc([N+](=O)[O-])o1)c1cccs1. The van der Waals surface area contributed by atoms with E-state index in [1.54, 1.807) is 17.4 Å². The molecule has 17 heavy (non-hydrogen) atoms. The zero-order chi connectivity index (χ0) is 12.3. The number of hydrogen-bond acceptors (Lipinski definition) is 5. The van der Waals surface area contributed by atoms with Crippen LogP contribution in [0, 0.1) is 10.1 Å². The van der Waals surface area contributed by atoms with Crippen molar-refractivity contribution in [2.45, 2.75) is 13.0 Å². The van der Waals surface area contributed by atoms with E-state index in [-0.39, 0.29) is 11.9 Å². The molecular formula is C11H12N2O3S. The van der Waals surface area contributed by atoms with E-state index in [4.69, 9.17) is 4.42 Å². The fourth-order valence-electron chi connectivity index (χ4n) is 1.60. The molecule has 2 aromatic rings. The standard InChI is InChI=1S/C11H12N2O3S/c1-2-12-11(9-4-3-7-17-9)8-5-6-10(16-8)13(14)15/h3-7,11-12H,2H2,1H3. The molecule has 0 radical (unpaired) electrons. The third-order valence-electron chi connectivity index (χ3n) is 2.31. The molecule has 2 rings (SSSR count). The van der Waals surface area contributed by atoms with Crippen molar-refractivity contribution in [3.63, 3.8) is 0 Å². The summed E-state index contributed by atoms with van der Waals surface area (Å²) in [4.78, 5) is 11.1. The largest absolute Gasteiger partial charge is 0.433 e. The molecule has 2 aromatic heterocycles. The molecule has 1 N–H and O–H groups in total. The maximum Gasteiger partial charge on any atom is 0.433 e. The lowest BCUT2D eigenvalue weighted by Gasteiger charge is -2.12. The van der Waals surface area contributed by atoms with Gasteiger partial charge in [-0.1, -0.05) is 13.0 Å². The highest BCUT2D eigenvalue weighted by Gasteiger charge is 2.21. The number of furan rings is 1. The Balaban J connectivity index is 2.29. The monoisotopic (exact) mass is 252 g/mol. The van der Waals surface area contributed by atoms with Crippen molar-refractivity contribution in [2.24, 2.45) is 0 Å². The molecule has 90 valence electrons. The molecule has 2 heterocycles. The zero-order valence-corrected chi connectivity index (χ0v) is 10.1. The Morgan fingerprint density at radius 1 is 1.53 bits per heavy atom. The van der Waals surface area contributed by atoms with Gasteiger partial charge in [-0.25, -0.2) is 0 Å². The van der Waals surface area contributed by atoms with E-state index in [9.17, 15) is 10.1 Å². The van der Waals surface area contributed by atoms with Crippen LogP contribution in [-0.2, 0) is 0 Å². The zero-order valence-electron chi connectivity index (χ0n) is 9.25. The van der Waals surface area contributed by atoms with Gasteiger partial charge in [-0.2, -0.15) is 0 Å². The Bertz CT molecular complexity index is 493. The molecule has 6 heteroatoms. The molecular weight excluding hydrogens is 240 g/mol. The molecule has 0 amide bonds. The normalized spacial score (nSPS) is 12.5. The number of rotatable bonds is 5. The molecule has 1 atom stereocenters. The van der Waals surface area contributed by atoms with Crippen molar-refractivity contribution in [1.29, 1.82) is 0 Å². The maximum absolute atomic E-state index is 10.6. The van der Waals surface area contributed by atoms with Crippen molar-refractivity contribution >= 4 is 17.2 Å². The van der Waals surface area contributed by atoms with Gasteiger partial charge in [-0.05, 0) is 24.1 Å². The average Bonchev–Trinajstić information content (AvgIpc) is 2.97. The third-order valence-corrected chi connectivity index (χ3v) is 3.25. The maximum atomic E-state index is 10.6. The molecule has 0 aliphatic rings. The second kappa shape index (κ2) is 5.11. The van der Waals surface area contributed by atoms with Crippen LogP contribution >= 0.6 is 11.3 Å². The Kier molecular flexibility index (Phi) is 3.55. The number of thiophene rings is 1. The fourth-order valence-corrected chi connectivity index (χ4v) is 2.40. The Morgan fingerprint density at radius 3 is 2.88 bits per heavy atom. The van der Waals surface area contributed by atoms with Crippen molar-refractivity contribution < 1.29 is 9.34 Å². The van der Waals surface area contributed by atoms with Gasteiger partial charge < -0.3 is 9.73 Å².